The van der Waals surface area contributed by atoms with E-state index in [2.05, 4.69) is 10.1 Å². The maximum atomic E-state index is 11.5. The van der Waals surface area contributed by atoms with Crippen LogP contribution < -0.4 is 11.1 Å². The number of rotatable bonds is 5. The van der Waals surface area contributed by atoms with E-state index in [-0.39, 0.29) is 36.7 Å². The van der Waals surface area contributed by atoms with Crippen molar-refractivity contribution < 1.29 is 14.3 Å². The average molecular weight is 253 g/mol. The lowest BCUT2D eigenvalue weighted by atomic mass is 10.0. The van der Waals surface area contributed by atoms with E-state index in [1.165, 1.54) is 7.11 Å². The van der Waals surface area contributed by atoms with E-state index in [1.807, 2.05) is 13.8 Å². The number of carbonyl (C=O) groups is 2. The molecule has 6 heteroatoms. The van der Waals surface area contributed by atoms with Crippen LogP contribution in [0.2, 0.25) is 0 Å². The molecule has 0 aliphatic carbocycles. The van der Waals surface area contributed by atoms with Crippen LogP contribution in [-0.4, -0.2) is 31.6 Å². The summed E-state index contributed by atoms with van der Waals surface area (Å²) in [5.41, 5.74) is 5.36. The first-order valence-electron chi connectivity index (χ1n) is 5.02. The van der Waals surface area contributed by atoms with Crippen LogP contribution >= 0.6 is 12.4 Å². The fourth-order valence-corrected chi connectivity index (χ4v) is 1.03. The van der Waals surface area contributed by atoms with Gasteiger partial charge in [-0.3, -0.25) is 4.79 Å². The molecule has 5 nitrogen and oxygen atoms in total. The van der Waals surface area contributed by atoms with Gasteiger partial charge in [0.2, 0.25) is 5.91 Å². The standard InChI is InChI=1S/C10H20N2O3.ClH/c1-6(2)8(10(14)15-4)12-9(13)7(3)5-11;/h6-8H,5,11H2,1-4H3,(H,12,13);1H. The van der Waals surface area contributed by atoms with Gasteiger partial charge in [0.25, 0.3) is 0 Å². The Labute approximate surface area is 103 Å². The van der Waals surface area contributed by atoms with Gasteiger partial charge in [-0.05, 0) is 5.92 Å². The maximum Gasteiger partial charge on any atom is 0.328 e. The third kappa shape index (κ3) is 5.32. The number of halogens is 1. The number of esters is 1. The zero-order valence-electron chi connectivity index (χ0n) is 10.1. The first-order valence-corrected chi connectivity index (χ1v) is 5.02. The first-order chi connectivity index (χ1) is 6.93. The van der Waals surface area contributed by atoms with Crippen LogP contribution in [0.1, 0.15) is 20.8 Å². The van der Waals surface area contributed by atoms with Crippen molar-refractivity contribution in [3.63, 3.8) is 0 Å². The highest BCUT2D eigenvalue weighted by Gasteiger charge is 2.26. The minimum Gasteiger partial charge on any atom is -0.467 e. The number of hydrogen-bond donors (Lipinski definition) is 2. The fourth-order valence-electron chi connectivity index (χ4n) is 1.03. The first kappa shape index (κ1) is 17.6. The summed E-state index contributed by atoms with van der Waals surface area (Å²) in [7, 11) is 1.30. The molecule has 0 aromatic heterocycles. The highest BCUT2D eigenvalue weighted by atomic mass is 35.5. The summed E-state index contributed by atoms with van der Waals surface area (Å²) in [6, 6.07) is -0.600. The Balaban J connectivity index is 0. The summed E-state index contributed by atoms with van der Waals surface area (Å²) in [6.07, 6.45) is 0. The van der Waals surface area contributed by atoms with Crippen LogP contribution in [0, 0.1) is 11.8 Å². The van der Waals surface area contributed by atoms with Gasteiger partial charge in [0.1, 0.15) is 6.04 Å². The third-order valence-corrected chi connectivity index (χ3v) is 2.22. The number of nitrogens with two attached hydrogens (primary N) is 1. The van der Waals surface area contributed by atoms with Crippen LogP contribution in [0.25, 0.3) is 0 Å². The monoisotopic (exact) mass is 252 g/mol. The van der Waals surface area contributed by atoms with Crippen LogP contribution in [0.5, 0.6) is 0 Å². The minimum absolute atomic E-state index is 0. The minimum atomic E-state index is -0.600. The topological polar surface area (TPSA) is 81.4 Å². The Kier molecular flexibility index (Phi) is 9.18. The number of ether oxygens (including phenoxy) is 1. The van der Waals surface area contributed by atoms with Gasteiger partial charge in [-0.2, -0.15) is 0 Å². The number of methoxy groups -OCH3 is 1. The van der Waals surface area contributed by atoms with Crippen LogP contribution in [0.3, 0.4) is 0 Å². The van der Waals surface area contributed by atoms with E-state index in [1.54, 1.807) is 6.92 Å². The molecule has 0 fully saturated rings. The van der Waals surface area contributed by atoms with Crippen LogP contribution in [0.15, 0.2) is 0 Å². The van der Waals surface area contributed by atoms with E-state index in [4.69, 9.17) is 5.73 Å². The molecule has 0 aromatic carbocycles. The summed E-state index contributed by atoms with van der Waals surface area (Å²) in [5.74, 6) is -0.952. The van der Waals surface area contributed by atoms with Gasteiger partial charge in [-0.25, -0.2) is 4.79 Å². The van der Waals surface area contributed by atoms with E-state index in [9.17, 15) is 9.59 Å². The van der Waals surface area contributed by atoms with E-state index >= 15 is 0 Å². The molecule has 0 aliphatic heterocycles. The molecule has 0 heterocycles. The molecular weight excluding hydrogens is 232 g/mol. The summed E-state index contributed by atoms with van der Waals surface area (Å²) in [5, 5.41) is 2.62. The molecule has 16 heavy (non-hydrogen) atoms. The number of carbonyl (C=O) groups excluding carboxylic acids is 2. The van der Waals surface area contributed by atoms with Gasteiger partial charge in [-0.15, -0.1) is 12.4 Å². The number of amides is 1. The molecule has 0 radical (unpaired) electrons. The molecule has 3 N–H and O–H groups in total. The van der Waals surface area contributed by atoms with Crippen molar-refractivity contribution >= 4 is 24.3 Å². The SMILES string of the molecule is COC(=O)C(NC(=O)C(C)CN)C(C)C.Cl. The zero-order chi connectivity index (χ0) is 12.0. The predicted octanol–water partition coefficient (Wildman–Crippen LogP) is 0.317. The number of hydrogen-bond acceptors (Lipinski definition) is 4. The van der Waals surface area contributed by atoms with Gasteiger partial charge in [0.05, 0.1) is 7.11 Å². The molecule has 96 valence electrons. The highest BCUT2D eigenvalue weighted by Crippen LogP contribution is 2.05. The summed E-state index contributed by atoms with van der Waals surface area (Å²) < 4.78 is 4.60. The fraction of sp³-hybridized carbons (Fsp3) is 0.800. The molecule has 2 unspecified atom stereocenters. The molecule has 2 atom stereocenters. The van der Waals surface area contributed by atoms with Gasteiger partial charge in [-0.1, -0.05) is 20.8 Å². The van der Waals surface area contributed by atoms with E-state index in [0.29, 0.717) is 0 Å². The van der Waals surface area contributed by atoms with Crippen molar-refractivity contribution in [1.82, 2.24) is 5.32 Å². The lowest BCUT2D eigenvalue weighted by Crippen LogP contribution is -2.47. The van der Waals surface area contributed by atoms with Gasteiger partial charge in [0.15, 0.2) is 0 Å². The smallest absolute Gasteiger partial charge is 0.328 e. The second-order valence-corrected chi connectivity index (χ2v) is 3.89. The molecule has 1 amide bonds. The van der Waals surface area contributed by atoms with Crippen molar-refractivity contribution in [2.45, 2.75) is 26.8 Å². The van der Waals surface area contributed by atoms with Gasteiger partial charge >= 0.3 is 5.97 Å². The molecule has 0 spiro atoms. The van der Waals surface area contributed by atoms with Crippen LogP contribution in [-0.2, 0) is 14.3 Å². The highest BCUT2D eigenvalue weighted by molar-refractivity contribution is 5.86. The zero-order valence-corrected chi connectivity index (χ0v) is 11.0. The molecule has 0 aromatic rings. The van der Waals surface area contributed by atoms with Crippen molar-refractivity contribution in [2.75, 3.05) is 13.7 Å². The Morgan fingerprint density at radius 2 is 1.81 bits per heavy atom. The number of nitrogens with one attached hydrogen (secondary N) is 1. The van der Waals surface area contributed by atoms with E-state index < -0.39 is 12.0 Å². The van der Waals surface area contributed by atoms with Crippen molar-refractivity contribution in [2.24, 2.45) is 17.6 Å². The van der Waals surface area contributed by atoms with Crippen molar-refractivity contribution in [3.8, 4) is 0 Å². The molecule has 0 aliphatic rings. The average Bonchev–Trinajstić information content (AvgIpc) is 2.22. The van der Waals surface area contributed by atoms with Gasteiger partial charge < -0.3 is 15.8 Å². The molecule has 0 bridgehead atoms. The molecule has 0 rings (SSSR count). The lowest BCUT2D eigenvalue weighted by molar-refractivity contribution is -0.146. The summed E-state index contributed by atoms with van der Waals surface area (Å²) in [4.78, 5) is 22.8. The predicted molar refractivity (Wildman–Crippen MR) is 64.3 cm³/mol. The van der Waals surface area contributed by atoms with Crippen LogP contribution in [0.4, 0.5) is 0 Å². The normalized spacial score (nSPS) is 13.6. The van der Waals surface area contributed by atoms with E-state index in [0.717, 1.165) is 0 Å². The summed E-state index contributed by atoms with van der Waals surface area (Å²) in [6.45, 7) is 5.66. The lowest BCUT2D eigenvalue weighted by Gasteiger charge is -2.21. The Bertz CT molecular complexity index is 234. The Morgan fingerprint density at radius 3 is 2.12 bits per heavy atom. The Morgan fingerprint density at radius 1 is 1.31 bits per heavy atom. The van der Waals surface area contributed by atoms with Gasteiger partial charge in [0, 0.05) is 12.5 Å². The second kappa shape index (κ2) is 8.35. The molecule has 0 saturated heterocycles. The largest absolute Gasteiger partial charge is 0.467 e. The quantitative estimate of drug-likeness (QED) is 0.691. The maximum absolute atomic E-state index is 11.5. The third-order valence-electron chi connectivity index (χ3n) is 2.22. The summed E-state index contributed by atoms with van der Waals surface area (Å²) >= 11 is 0. The van der Waals surface area contributed by atoms with Crippen molar-refractivity contribution in [1.29, 1.82) is 0 Å². The van der Waals surface area contributed by atoms with Crippen molar-refractivity contribution in [3.05, 3.63) is 0 Å². The molecule has 0 saturated carbocycles. The molecular formula is C10H21ClN2O3. The Hall–Kier alpha value is -0.810. The second-order valence-electron chi connectivity index (χ2n) is 3.89.